The van der Waals surface area contributed by atoms with Gasteiger partial charge in [-0.05, 0) is 30.5 Å². The fraction of sp³-hybridized carbons (Fsp3) is 0.500. The summed E-state index contributed by atoms with van der Waals surface area (Å²) in [5.41, 5.74) is 0.593. The standard InChI is InChI=1S/C14H17F2NO2/c1-19-9-11-3-2-4-14(18)17(11)8-10-5-6-12(15)13(16)7-10/h5-7,11H,2-4,8-9H2,1H3/t11-/m1/s1. The summed E-state index contributed by atoms with van der Waals surface area (Å²) in [6.07, 6.45) is 2.23. The van der Waals surface area contributed by atoms with Gasteiger partial charge in [0.2, 0.25) is 5.91 Å². The van der Waals surface area contributed by atoms with Crippen molar-refractivity contribution in [2.75, 3.05) is 13.7 Å². The summed E-state index contributed by atoms with van der Waals surface area (Å²) in [5, 5.41) is 0. The second kappa shape index (κ2) is 6.10. The van der Waals surface area contributed by atoms with E-state index in [1.165, 1.54) is 6.07 Å². The normalized spacial score (nSPS) is 19.8. The number of halogens is 2. The van der Waals surface area contributed by atoms with E-state index < -0.39 is 11.6 Å². The largest absolute Gasteiger partial charge is 0.383 e. The number of hydrogen-bond donors (Lipinski definition) is 0. The first-order valence-electron chi connectivity index (χ1n) is 6.34. The molecule has 1 aliphatic rings. The molecule has 0 radical (unpaired) electrons. The molecule has 1 aromatic rings. The number of hydrogen-bond acceptors (Lipinski definition) is 2. The Hall–Kier alpha value is -1.49. The lowest BCUT2D eigenvalue weighted by Crippen LogP contribution is -2.45. The minimum Gasteiger partial charge on any atom is -0.383 e. The third-order valence-electron chi connectivity index (χ3n) is 3.39. The molecular weight excluding hydrogens is 252 g/mol. The van der Waals surface area contributed by atoms with E-state index in [0.29, 0.717) is 25.1 Å². The fourth-order valence-corrected chi connectivity index (χ4v) is 2.41. The van der Waals surface area contributed by atoms with Crippen LogP contribution < -0.4 is 0 Å². The molecule has 5 heteroatoms. The number of benzene rings is 1. The van der Waals surface area contributed by atoms with Crippen molar-refractivity contribution in [3.05, 3.63) is 35.4 Å². The molecule has 1 aromatic carbocycles. The maximum atomic E-state index is 13.2. The van der Waals surface area contributed by atoms with Gasteiger partial charge in [0.15, 0.2) is 11.6 Å². The molecule has 2 rings (SSSR count). The van der Waals surface area contributed by atoms with Gasteiger partial charge in [-0.3, -0.25) is 4.79 Å². The number of piperidine rings is 1. The number of carbonyl (C=O) groups excluding carboxylic acids is 1. The van der Waals surface area contributed by atoms with Gasteiger partial charge in [0, 0.05) is 20.1 Å². The van der Waals surface area contributed by atoms with Crippen molar-refractivity contribution in [1.82, 2.24) is 4.90 Å². The highest BCUT2D eigenvalue weighted by Gasteiger charge is 2.28. The highest BCUT2D eigenvalue weighted by molar-refractivity contribution is 5.77. The predicted molar refractivity (Wildman–Crippen MR) is 66.4 cm³/mol. The van der Waals surface area contributed by atoms with E-state index in [1.807, 2.05) is 0 Å². The molecule has 0 spiro atoms. The third-order valence-corrected chi connectivity index (χ3v) is 3.39. The zero-order valence-corrected chi connectivity index (χ0v) is 10.9. The van der Waals surface area contributed by atoms with Crippen molar-refractivity contribution in [2.24, 2.45) is 0 Å². The van der Waals surface area contributed by atoms with Gasteiger partial charge in [-0.15, -0.1) is 0 Å². The van der Waals surface area contributed by atoms with Crippen molar-refractivity contribution in [1.29, 1.82) is 0 Å². The Balaban J connectivity index is 2.13. The summed E-state index contributed by atoms with van der Waals surface area (Å²) in [6.45, 7) is 0.763. The monoisotopic (exact) mass is 269 g/mol. The van der Waals surface area contributed by atoms with Crippen LogP contribution in [0.25, 0.3) is 0 Å². The lowest BCUT2D eigenvalue weighted by atomic mass is 10.0. The molecule has 1 fully saturated rings. The molecule has 0 aromatic heterocycles. The molecule has 0 unspecified atom stereocenters. The van der Waals surface area contributed by atoms with Crippen LogP contribution in [0.2, 0.25) is 0 Å². The lowest BCUT2D eigenvalue weighted by Gasteiger charge is -2.35. The summed E-state index contributed by atoms with van der Waals surface area (Å²) in [7, 11) is 1.59. The van der Waals surface area contributed by atoms with Gasteiger partial charge < -0.3 is 9.64 Å². The summed E-state index contributed by atoms with van der Waals surface area (Å²) < 4.78 is 31.2. The molecule has 19 heavy (non-hydrogen) atoms. The fourth-order valence-electron chi connectivity index (χ4n) is 2.41. The van der Waals surface area contributed by atoms with E-state index in [2.05, 4.69) is 0 Å². The van der Waals surface area contributed by atoms with E-state index in [9.17, 15) is 13.6 Å². The van der Waals surface area contributed by atoms with Gasteiger partial charge in [0.05, 0.1) is 12.6 Å². The van der Waals surface area contributed by atoms with Gasteiger partial charge in [0.25, 0.3) is 0 Å². The summed E-state index contributed by atoms with van der Waals surface area (Å²) >= 11 is 0. The number of nitrogens with zero attached hydrogens (tertiary/aromatic N) is 1. The van der Waals surface area contributed by atoms with Gasteiger partial charge >= 0.3 is 0 Å². The number of carbonyl (C=O) groups is 1. The second-order valence-electron chi connectivity index (χ2n) is 4.77. The zero-order valence-electron chi connectivity index (χ0n) is 10.9. The van der Waals surface area contributed by atoms with Crippen molar-refractivity contribution in [2.45, 2.75) is 31.8 Å². The highest BCUT2D eigenvalue weighted by Crippen LogP contribution is 2.21. The Bertz CT molecular complexity index is 463. The Morgan fingerprint density at radius 3 is 2.84 bits per heavy atom. The number of likely N-dealkylation sites (tertiary alicyclic amines) is 1. The Kier molecular flexibility index (Phi) is 4.47. The molecule has 0 N–H and O–H groups in total. The van der Waals surface area contributed by atoms with Crippen molar-refractivity contribution in [3.8, 4) is 0 Å². The van der Waals surface area contributed by atoms with Crippen LogP contribution in [0.15, 0.2) is 18.2 Å². The van der Waals surface area contributed by atoms with Crippen molar-refractivity contribution >= 4 is 5.91 Å². The number of amides is 1. The molecule has 104 valence electrons. The molecule has 1 amide bonds. The van der Waals surface area contributed by atoms with Crippen LogP contribution in [0.5, 0.6) is 0 Å². The molecule has 1 atom stereocenters. The van der Waals surface area contributed by atoms with E-state index in [1.54, 1.807) is 12.0 Å². The molecule has 1 heterocycles. The summed E-state index contributed by atoms with van der Waals surface area (Å²) in [5.74, 6) is -1.72. The number of rotatable bonds is 4. The number of ether oxygens (including phenoxy) is 1. The molecule has 1 aliphatic heterocycles. The highest BCUT2D eigenvalue weighted by atomic mass is 19.2. The Morgan fingerprint density at radius 2 is 2.16 bits per heavy atom. The third kappa shape index (κ3) is 3.29. The average molecular weight is 269 g/mol. The maximum Gasteiger partial charge on any atom is 0.223 e. The molecule has 0 aliphatic carbocycles. The van der Waals surface area contributed by atoms with E-state index in [0.717, 1.165) is 25.0 Å². The minimum atomic E-state index is -0.884. The second-order valence-corrected chi connectivity index (χ2v) is 4.77. The van der Waals surface area contributed by atoms with Crippen LogP contribution >= 0.6 is 0 Å². The van der Waals surface area contributed by atoms with Gasteiger partial charge in [0.1, 0.15) is 0 Å². The maximum absolute atomic E-state index is 13.2. The van der Waals surface area contributed by atoms with Gasteiger partial charge in [-0.1, -0.05) is 6.07 Å². The Labute approximate surface area is 111 Å². The molecule has 0 bridgehead atoms. The summed E-state index contributed by atoms with van der Waals surface area (Å²) in [6, 6.07) is 3.75. The molecule has 3 nitrogen and oxygen atoms in total. The predicted octanol–water partition coefficient (Wildman–Crippen LogP) is 2.49. The van der Waals surface area contributed by atoms with Crippen molar-refractivity contribution in [3.63, 3.8) is 0 Å². The van der Waals surface area contributed by atoms with Crippen LogP contribution in [0, 0.1) is 11.6 Å². The minimum absolute atomic E-state index is 0.0133. The average Bonchev–Trinajstić information content (AvgIpc) is 2.38. The van der Waals surface area contributed by atoms with Gasteiger partial charge in [-0.2, -0.15) is 0 Å². The van der Waals surface area contributed by atoms with Crippen LogP contribution in [0.4, 0.5) is 8.78 Å². The van der Waals surface area contributed by atoms with E-state index in [-0.39, 0.29) is 11.9 Å². The molecule has 0 saturated carbocycles. The molecule has 1 saturated heterocycles. The number of methoxy groups -OCH3 is 1. The quantitative estimate of drug-likeness (QED) is 0.840. The SMILES string of the molecule is COC[C@H]1CCCC(=O)N1Cc1ccc(F)c(F)c1. The van der Waals surface area contributed by atoms with Gasteiger partial charge in [-0.25, -0.2) is 8.78 Å². The lowest BCUT2D eigenvalue weighted by molar-refractivity contribution is -0.138. The molecular formula is C14H17F2NO2. The van der Waals surface area contributed by atoms with Crippen LogP contribution in [0.3, 0.4) is 0 Å². The summed E-state index contributed by atoms with van der Waals surface area (Å²) in [4.78, 5) is 13.6. The van der Waals surface area contributed by atoms with Crippen LogP contribution in [-0.2, 0) is 16.1 Å². The first-order chi connectivity index (χ1) is 9.11. The first-order valence-corrected chi connectivity index (χ1v) is 6.34. The Morgan fingerprint density at radius 1 is 1.37 bits per heavy atom. The van der Waals surface area contributed by atoms with E-state index in [4.69, 9.17) is 4.74 Å². The topological polar surface area (TPSA) is 29.5 Å². The zero-order chi connectivity index (χ0) is 13.8. The first kappa shape index (κ1) is 13.9. The van der Waals surface area contributed by atoms with Crippen LogP contribution in [0.1, 0.15) is 24.8 Å². The smallest absolute Gasteiger partial charge is 0.223 e. The van der Waals surface area contributed by atoms with Crippen LogP contribution in [-0.4, -0.2) is 30.6 Å². The van der Waals surface area contributed by atoms with E-state index >= 15 is 0 Å². The van der Waals surface area contributed by atoms with Crippen molar-refractivity contribution < 1.29 is 18.3 Å².